The summed E-state index contributed by atoms with van der Waals surface area (Å²) in [5, 5.41) is 7.47. The van der Waals surface area contributed by atoms with Crippen LogP contribution < -0.4 is 5.32 Å². The summed E-state index contributed by atoms with van der Waals surface area (Å²) >= 11 is 0. The zero-order valence-corrected chi connectivity index (χ0v) is 13.6. The van der Waals surface area contributed by atoms with Gasteiger partial charge in [-0.25, -0.2) is 0 Å². The predicted octanol–water partition coefficient (Wildman–Crippen LogP) is 3.79. The molecule has 0 amide bonds. The van der Waals surface area contributed by atoms with Gasteiger partial charge in [-0.15, -0.1) is 0 Å². The molecular formula is C17H25N3O. The summed E-state index contributed by atoms with van der Waals surface area (Å²) in [5.74, 6) is 1.87. The van der Waals surface area contributed by atoms with Crippen LogP contribution in [0.2, 0.25) is 0 Å². The average molecular weight is 287 g/mol. The number of rotatable bonds is 5. The molecule has 0 aliphatic carbocycles. The number of aromatic nitrogens is 2. The Balaban J connectivity index is 1.99. The summed E-state index contributed by atoms with van der Waals surface area (Å²) in [7, 11) is 0. The molecule has 1 heterocycles. The van der Waals surface area contributed by atoms with Gasteiger partial charge in [-0.1, -0.05) is 43.3 Å². The highest BCUT2D eigenvalue weighted by Gasteiger charge is 2.11. The van der Waals surface area contributed by atoms with Gasteiger partial charge >= 0.3 is 0 Å². The van der Waals surface area contributed by atoms with E-state index in [1.165, 1.54) is 5.56 Å². The molecule has 21 heavy (non-hydrogen) atoms. The van der Waals surface area contributed by atoms with E-state index in [0.717, 1.165) is 18.5 Å². The summed E-state index contributed by atoms with van der Waals surface area (Å²) in [6.07, 6.45) is 0.744. The van der Waals surface area contributed by atoms with E-state index in [4.69, 9.17) is 4.52 Å². The van der Waals surface area contributed by atoms with Gasteiger partial charge in [0.1, 0.15) is 0 Å². The smallest absolute Gasteiger partial charge is 0.228 e. The van der Waals surface area contributed by atoms with Gasteiger partial charge in [0.15, 0.2) is 0 Å². The Morgan fingerprint density at radius 3 is 2.38 bits per heavy atom. The molecule has 2 aromatic rings. The molecule has 1 N–H and O–H groups in total. The van der Waals surface area contributed by atoms with Crippen LogP contribution in [-0.2, 0) is 6.42 Å². The molecule has 0 saturated carbocycles. The van der Waals surface area contributed by atoms with E-state index in [-0.39, 0.29) is 5.54 Å². The van der Waals surface area contributed by atoms with Gasteiger partial charge in [0, 0.05) is 24.1 Å². The Bertz CT molecular complexity index is 564. The molecule has 1 aromatic heterocycles. The maximum absolute atomic E-state index is 5.31. The minimum absolute atomic E-state index is 0.107. The Morgan fingerprint density at radius 2 is 1.81 bits per heavy atom. The monoisotopic (exact) mass is 287 g/mol. The van der Waals surface area contributed by atoms with E-state index in [0.29, 0.717) is 17.6 Å². The van der Waals surface area contributed by atoms with E-state index in [1.807, 2.05) is 0 Å². The van der Waals surface area contributed by atoms with Gasteiger partial charge in [0.25, 0.3) is 0 Å². The van der Waals surface area contributed by atoms with Crippen LogP contribution in [0.25, 0.3) is 11.4 Å². The second-order valence-electron chi connectivity index (χ2n) is 6.72. The topological polar surface area (TPSA) is 51.0 Å². The van der Waals surface area contributed by atoms with Crippen molar-refractivity contribution < 1.29 is 4.52 Å². The number of hydrogen-bond acceptors (Lipinski definition) is 4. The van der Waals surface area contributed by atoms with Crippen LogP contribution in [0, 0.1) is 0 Å². The molecule has 2 rings (SSSR count). The van der Waals surface area contributed by atoms with Crippen LogP contribution in [0.4, 0.5) is 0 Å². The maximum atomic E-state index is 5.31. The van der Waals surface area contributed by atoms with Gasteiger partial charge in [0.05, 0.1) is 0 Å². The number of nitrogens with one attached hydrogen (secondary N) is 1. The fourth-order valence-electron chi connectivity index (χ4n) is 2.04. The van der Waals surface area contributed by atoms with Gasteiger partial charge in [-0.3, -0.25) is 0 Å². The Hall–Kier alpha value is -1.68. The lowest BCUT2D eigenvalue weighted by Crippen LogP contribution is -2.37. The van der Waals surface area contributed by atoms with E-state index in [2.05, 4.69) is 74.3 Å². The van der Waals surface area contributed by atoms with Gasteiger partial charge in [-0.05, 0) is 32.3 Å². The molecule has 0 spiro atoms. The molecule has 0 unspecified atom stereocenters. The average Bonchev–Trinajstić information content (AvgIpc) is 2.86. The van der Waals surface area contributed by atoms with Gasteiger partial charge in [-0.2, -0.15) is 4.98 Å². The highest BCUT2D eigenvalue weighted by Crippen LogP contribution is 2.20. The highest BCUT2D eigenvalue weighted by atomic mass is 16.5. The van der Waals surface area contributed by atoms with Crippen molar-refractivity contribution >= 4 is 0 Å². The molecule has 0 fully saturated rings. The van der Waals surface area contributed by atoms with Crippen LogP contribution in [0.1, 0.15) is 52.0 Å². The molecule has 0 radical (unpaired) electrons. The predicted molar refractivity (Wildman–Crippen MR) is 85.3 cm³/mol. The molecule has 0 aliphatic heterocycles. The lowest BCUT2D eigenvalue weighted by molar-refractivity contribution is 0.362. The summed E-state index contributed by atoms with van der Waals surface area (Å²) in [6, 6.07) is 8.35. The van der Waals surface area contributed by atoms with Crippen molar-refractivity contribution in [1.29, 1.82) is 0 Å². The molecular weight excluding hydrogens is 262 g/mol. The lowest BCUT2D eigenvalue weighted by Gasteiger charge is -2.19. The Labute approximate surface area is 127 Å². The van der Waals surface area contributed by atoms with Gasteiger partial charge in [0.2, 0.25) is 11.7 Å². The number of benzene rings is 1. The standard InChI is InChI=1S/C17H25N3O/c1-12(2)13-6-8-14(9-7-13)16-19-15(21-20-16)10-11-18-17(3,4)5/h6-9,12,18H,10-11H2,1-5H3. The minimum atomic E-state index is 0.107. The van der Waals surface area contributed by atoms with Crippen LogP contribution in [0.15, 0.2) is 28.8 Å². The van der Waals surface area contributed by atoms with Crippen molar-refractivity contribution in [1.82, 2.24) is 15.5 Å². The Kier molecular flexibility index (Phi) is 4.78. The van der Waals surface area contributed by atoms with Crippen molar-refractivity contribution in [3.8, 4) is 11.4 Å². The van der Waals surface area contributed by atoms with E-state index in [1.54, 1.807) is 0 Å². The first kappa shape index (κ1) is 15.7. The normalized spacial score (nSPS) is 12.1. The zero-order chi connectivity index (χ0) is 15.5. The maximum Gasteiger partial charge on any atom is 0.228 e. The fourth-order valence-corrected chi connectivity index (χ4v) is 2.04. The summed E-state index contributed by atoms with van der Waals surface area (Å²) in [6.45, 7) is 11.6. The molecule has 114 valence electrons. The summed E-state index contributed by atoms with van der Waals surface area (Å²) < 4.78 is 5.31. The molecule has 4 nitrogen and oxygen atoms in total. The lowest BCUT2D eigenvalue weighted by atomic mass is 10.0. The van der Waals surface area contributed by atoms with E-state index in [9.17, 15) is 0 Å². The molecule has 0 saturated heterocycles. The summed E-state index contributed by atoms with van der Waals surface area (Å²) in [4.78, 5) is 4.46. The van der Waals surface area contributed by atoms with E-state index >= 15 is 0 Å². The first-order chi connectivity index (χ1) is 9.85. The van der Waals surface area contributed by atoms with Crippen molar-refractivity contribution in [3.63, 3.8) is 0 Å². The Morgan fingerprint density at radius 1 is 1.14 bits per heavy atom. The van der Waals surface area contributed by atoms with Crippen LogP contribution in [0.5, 0.6) is 0 Å². The second-order valence-corrected chi connectivity index (χ2v) is 6.72. The third kappa shape index (κ3) is 4.67. The molecule has 0 bridgehead atoms. The fraction of sp³-hybridized carbons (Fsp3) is 0.529. The van der Waals surface area contributed by atoms with Crippen molar-refractivity contribution in [2.24, 2.45) is 0 Å². The molecule has 4 heteroatoms. The zero-order valence-electron chi connectivity index (χ0n) is 13.6. The molecule has 1 aromatic carbocycles. The molecule has 0 aliphatic rings. The highest BCUT2D eigenvalue weighted by molar-refractivity contribution is 5.54. The van der Waals surface area contributed by atoms with Crippen molar-refractivity contribution in [3.05, 3.63) is 35.7 Å². The third-order valence-electron chi connectivity index (χ3n) is 3.30. The van der Waals surface area contributed by atoms with E-state index < -0.39 is 0 Å². The first-order valence-electron chi connectivity index (χ1n) is 7.53. The third-order valence-corrected chi connectivity index (χ3v) is 3.30. The second kappa shape index (κ2) is 6.39. The van der Waals surface area contributed by atoms with Crippen LogP contribution in [0.3, 0.4) is 0 Å². The van der Waals surface area contributed by atoms with Crippen LogP contribution >= 0.6 is 0 Å². The largest absolute Gasteiger partial charge is 0.339 e. The molecule has 0 atom stereocenters. The SMILES string of the molecule is CC(C)c1ccc(-c2noc(CCNC(C)(C)C)n2)cc1. The minimum Gasteiger partial charge on any atom is -0.339 e. The van der Waals surface area contributed by atoms with Gasteiger partial charge < -0.3 is 9.84 Å². The van der Waals surface area contributed by atoms with Crippen molar-refractivity contribution in [2.45, 2.75) is 52.5 Å². The summed E-state index contributed by atoms with van der Waals surface area (Å²) in [5.41, 5.74) is 2.42. The number of nitrogens with zero attached hydrogens (tertiary/aromatic N) is 2. The van der Waals surface area contributed by atoms with Crippen molar-refractivity contribution in [2.75, 3.05) is 6.54 Å². The number of hydrogen-bond donors (Lipinski definition) is 1. The quantitative estimate of drug-likeness (QED) is 0.909. The first-order valence-corrected chi connectivity index (χ1v) is 7.53. The van der Waals surface area contributed by atoms with Crippen LogP contribution in [-0.4, -0.2) is 22.2 Å².